The molecule has 2 aromatic rings. The maximum atomic E-state index is 10.0. The van der Waals surface area contributed by atoms with Crippen LogP contribution in [-0.4, -0.2) is 10.2 Å². The predicted molar refractivity (Wildman–Crippen MR) is 81.0 cm³/mol. The first-order valence-corrected chi connectivity index (χ1v) is 7.39. The zero-order valence-electron chi connectivity index (χ0n) is 12.0. The molecule has 0 saturated carbocycles. The third-order valence-electron chi connectivity index (χ3n) is 4.03. The van der Waals surface area contributed by atoms with Crippen LogP contribution in [0.2, 0.25) is 0 Å². The summed E-state index contributed by atoms with van der Waals surface area (Å²) in [5.74, 6) is 0.873. The van der Waals surface area contributed by atoms with E-state index in [4.69, 9.17) is 9.84 Å². The molecule has 0 heterocycles. The van der Waals surface area contributed by atoms with Crippen LogP contribution in [0.25, 0.3) is 0 Å². The zero-order chi connectivity index (χ0) is 14.7. The molecule has 0 amide bonds. The number of hydrogen-bond acceptors (Lipinski definition) is 3. The summed E-state index contributed by atoms with van der Waals surface area (Å²) in [5, 5.41) is 19.1. The van der Waals surface area contributed by atoms with Crippen LogP contribution in [0.3, 0.4) is 0 Å². The summed E-state index contributed by atoms with van der Waals surface area (Å²) in [6, 6.07) is 13.6. The van der Waals surface area contributed by atoms with Crippen LogP contribution >= 0.6 is 0 Å². The summed E-state index contributed by atoms with van der Waals surface area (Å²) in [5.41, 5.74) is 4.12. The monoisotopic (exact) mass is 284 g/mol. The smallest absolute Gasteiger partial charge is 0.123 e. The SMILES string of the molecule is OCc1ccc(COc2cccc3c2CCCC3O)cc1. The van der Waals surface area contributed by atoms with E-state index >= 15 is 0 Å². The number of rotatable bonds is 4. The molecule has 21 heavy (non-hydrogen) atoms. The molecule has 1 aliphatic rings. The highest BCUT2D eigenvalue weighted by atomic mass is 16.5. The van der Waals surface area contributed by atoms with E-state index in [-0.39, 0.29) is 12.7 Å². The van der Waals surface area contributed by atoms with Gasteiger partial charge in [0.1, 0.15) is 12.4 Å². The molecule has 1 unspecified atom stereocenters. The molecule has 0 aliphatic heterocycles. The third kappa shape index (κ3) is 3.09. The van der Waals surface area contributed by atoms with Gasteiger partial charge in [-0.15, -0.1) is 0 Å². The molecule has 0 bridgehead atoms. The van der Waals surface area contributed by atoms with Crippen LogP contribution in [0, 0.1) is 0 Å². The highest BCUT2D eigenvalue weighted by molar-refractivity contribution is 5.43. The van der Waals surface area contributed by atoms with E-state index < -0.39 is 0 Å². The normalized spacial score (nSPS) is 17.3. The molecule has 2 N–H and O–H groups in total. The van der Waals surface area contributed by atoms with Crippen molar-refractivity contribution in [3.63, 3.8) is 0 Å². The van der Waals surface area contributed by atoms with Gasteiger partial charge in [-0.05, 0) is 47.6 Å². The first kappa shape index (κ1) is 14.1. The van der Waals surface area contributed by atoms with Crippen molar-refractivity contribution in [1.82, 2.24) is 0 Å². The lowest BCUT2D eigenvalue weighted by atomic mass is 9.89. The summed E-state index contributed by atoms with van der Waals surface area (Å²) in [6.07, 6.45) is 2.44. The Labute approximate surface area is 124 Å². The number of hydrogen-bond donors (Lipinski definition) is 2. The van der Waals surface area contributed by atoms with Crippen LogP contribution in [-0.2, 0) is 19.6 Å². The average molecular weight is 284 g/mol. The second-order valence-corrected chi connectivity index (χ2v) is 5.50. The van der Waals surface area contributed by atoms with Crippen molar-refractivity contribution in [3.8, 4) is 5.75 Å². The summed E-state index contributed by atoms with van der Waals surface area (Å²) in [4.78, 5) is 0. The lowest BCUT2D eigenvalue weighted by Crippen LogP contribution is -2.11. The maximum absolute atomic E-state index is 10.0. The first-order valence-electron chi connectivity index (χ1n) is 7.39. The highest BCUT2D eigenvalue weighted by Crippen LogP contribution is 2.35. The van der Waals surface area contributed by atoms with Crippen molar-refractivity contribution in [2.45, 2.75) is 38.6 Å². The molecular weight excluding hydrogens is 264 g/mol. The van der Waals surface area contributed by atoms with Crippen molar-refractivity contribution in [3.05, 3.63) is 64.7 Å². The minimum absolute atomic E-state index is 0.0607. The summed E-state index contributed by atoms with van der Waals surface area (Å²) < 4.78 is 5.94. The summed E-state index contributed by atoms with van der Waals surface area (Å²) in [7, 11) is 0. The van der Waals surface area contributed by atoms with Gasteiger partial charge < -0.3 is 14.9 Å². The van der Waals surface area contributed by atoms with Crippen LogP contribution < -0.4 is 4.74 Å². The van der Waals surface area contributed by atoms with E-state index in [1.54, 1.807) is 0 Å². The minimum atomic E-state index is -0.360. The number of ether oxygens (including phenoxy) is 1. The van der Waals surface area contributed by atoms with Gasteiger partial charge in [0, 0.05) is 0 Å². The van der Waals surface area contributed by atoms with E-state index in [9.17, 15) is 5.11 Å². The fourth-order valence-corrected chi connectivity index (χ4v) is 2.83. The van der Waals surface area contributed by atoms with Gasteiger partial charge in [-0.1, -0.05) is 36.4 Å². The van der Waals surface area contributed by atoms with Gasteiger partial charge in [0.2, 0.25) is 0 Å². The van der Waals surface area contributed by atoms with Gasteiger partial charge in [-0.2, -0.15) is 0 Å². The average Bonchev–Trinajstić information content (AvgIpc) is 2.54. The molecule has 3 heteroatoms. The van der Waals surface area contributed by atoms with Gasteiger partial charge in [0.05, 0.1) is 12.7 Å². The Hall–Kier alpha value is -1.84. The van der Waals surface area contributed by atoms with E-state index in [1.807, 2.05) is 42.5 Å². The topological polar surface area (TPSA) is 49.7 Å². The predicted octanol–water partition coefficient (Wildman–Crippen LogP) is 3.13. The standard InChI is InChI=1S/C18H20O3/c19-11-13-7-9-14(10-8-13)12-21-18-6-2-3-15-16(18)4-1-5-17(15)20/h2-3,6-10,17,19-20H,1,4-5,11-12H2. The number of benzene rings is 2. The summed E-state index contributed by atoms with van der Waals surface area (Å²) in [6.45, 7) is 0.559. The number of fused-ring (bicyclic) bond motifs is 1. The second-order valence-electron chi connectivity index (χ2n) is 5.50. The quantitative estimate of drug-likeness (QED) is 0.907. The van der Waals surface area contributed by atoms with E-state index in [0.29, 0.717) is 6.61 Å². The van der Waals surface area contributed by atoms with Crippen LogP contribution in [0.1, 0.15) is 41.2 Å². The van der Waals surface area contributed by atoms with Crippen molar-refractivity contribution in [1.29, 1.82) is 0 Å². The summed E-state index contributed by atoms with van der Waals surface area (Å²) >= 11 is 0. The van der Waals surface area contributed by atoms with Gasteiger partial charge >= 0.3 is 0 Å². The maximum Gasteiger partial charge on any atom is 0.123 e. The molecule has 1 aliphatic carbocycles. The Morgan fingerprint density at radius 2 is 1.81 bits per heavy atom. The van der Waals surface area contributed by atoms with Gasteiger partial charge in [0.25, 0.3) is 0 Å². The Bertz CT molecular complexity index is 604. The van der Waals surface area contributed by atoms with Crippen LogP contribution in [0.15, 0.2) is 42.5 Å². The fraction of sp³-hybridized carbons (Fsp3) is 0.333. The lowest BCUT2D eigenvalue weighted by Gasteiger charge is -2.23. The molecule has 3 rings (SSSR count). The Kier molecular flexibility index (Phi) is 4.23. The van der Waals surface area contributed by atoms with Gasteiger partial charge in [0.15, 0.2) is 0 Å². The van der Waals surface area contributed by atoms with E-state index in [1.165, 1.54) is 0 Å². The molecule has 0 radical (unpaired) electrons. The molecule has 3 nitrogen and oxygen atoms in total. The molecular formula is C18H20O3. The van der Waals surface area contributed by atoms with Crippen LogP contribution in [0.5, 0.6) is 5.75 Å². The van der Waals surface area contributed by atoms with E-state index in [2.05, 4.69) is 0 Å². The molecule has 0 fully saturated rings. The second kappa shape index (κ2) is 6.29. The van der Waals surface area contributed by atoms with Crippen molar-refractivity contribution < 1.29 is 14.9 Å². The van der Waals surface area contributed by atoms with Crippen molar-refractivity contribution in [2.75, 3.05) is 0 Å². The Morgan fingerprint density at radius 3 is 2.57 bits per heavy atom. The molecule has 0 spiro atoms. The van der Waals surface area contributed by atoms with Crippen LogP contribution in [0.4, 0.5) is 0 Å². The van der Waals surface area contributed by atoms with E-state index in [0.717, 1.165) is 47.3 Å². The van der Waals surface area contributed by atoms with Gasteiger partial charge in [-0.3, -0.25) is 0 Å². The molecule has 1 atom stereocenters. The first-order chi connectivity index (χ1) is 10.3. The zero-order valence-corrected chi connectivity index (χ0v) is 12.0. The third-order valence-corrected chi connectivity index (χ3v) is 4.03. The lowest BCUT2D eigenvalue weighted by molar-refractivity contribution is 0.155. The minimum Gasteiger partial charge on any atom is -0.489 e. The number of aliphatic hydroxyl groups is 2. The van der Waals surface area contributed by atoms with Crippen molar-refractivity contribution in [2.24, 2.45) is 0 Å². The fourth-order valence-electron chi connectivity index (χ4n) is 2.83. The molecule has 0 saturated heterocycles. The molecule has 2 aromatic carbocycles. The molecule has 0 aromatic heterocycles. The Morgan fingerprint density at radius 1 is 1.05 bits per heavy atom. The molecule has 110 valence electrons. The number of aliphatic hydroxyl groups excluding tert-OH is 2. The largest absolute Gasteiger partial charge is 0.489 e. The Balaban J connectivity index is 1.74. The van der Waals surface area contributed by atoms with Gasteiger partial charge in [-0.25, -0.2) is 0 Å². The highest BCUT2D eigenvalue weighted by Gasteiger charge is 2.20. The van der Waals surface area contributed by atoms with Crippen molar-refractivity contribution >= 4 is 0 Å².